The molecule has 0 fully saturated rings. The highest BCUT2D eigenvalue weighted by Crippen LogP contribution is 2.16. The highest BCUT2D eigenvalue weighted by atomic mass is 16.2. The van der Waals surface area contributed by atoms with Crippen molar-refractivity contribution in [3.05, 3.63) is 29.3 Å². The lowest BCUT2D eigenvalue weighted by molar-refractivity contribution is 0.283. The minimum Gasteiger partial charge on any atom is -0.396 e. The Balaban J connectivity index is 2.45. The number of aliphatic hydroxyl groups is 1. The van der Waals surface area contributed by atoms with Crippen molar-refractivity contribution < 1.29 is 5.11 Å². The van der Waals surface area contributed by atoms with E-state index in [0.29, 0.717) is 5.56 Å². The Kier molecular flexibility index (Phi) is 5.38. The van der Waals surface area contributed by atoms with Crippen LogP contribution in [0.2, 0.25) is 0 Å². The second kappa shape index (κ2) is 6.86. The van der Waals surface area contributed by atoms with Crippen LogP contribution in [0.1, 0.15) is 30.4 Å². The molecule has 0 aliphatic heterocycles. The molecular formula is C13H18N2O. The quantitative estimate of drug-likeness (QED) is 0.721. The Hall–Kier alpha value is -1.53. The Morgan fingerprint density at radius 1 is 1.31 bits per heavy atom. The molecule has 86 valence electrons. The van der Waals surface area contributed by atoms with E-state index in [1.165, 1.54) is 0 Å². The van der Waals surface area contributed by atoms with E-state index in [2.05, 4.69) is 11.4 Å². The lowest BCUT2D eigenvalue weighted by Crippen LogP contribution is -2.03. The van der Waals surface area contributed by atoms with Crippen molar-refractivity contribution in [2.24, 2.45) is 0 Å². The van der Waals surface area contributed by atoms with Gasteiger partial charge in [0.05, 0.1) is 11.3 Å². The van der Waals surface area contributed by atoms with Gasteiger partial charge >= 0.3 is 0 Å². The van der Waals surface area contributed by atoms with Gasteiger partial charge in [-0.2, -0.15) is 5.26 Å². The van der Waals surface area contributed by atoms with E-state index in [0.717, 1.165) is 37.1 Å². The molecule has 1 rings (SSSR count). The fourth-order valence-electron chi connectivity index (χ4n) is 1.54. The van der Waals surface area contributed by atoms with Crippen molar-refractivity contribution in [3.8, 4) is 6.07 Å². The molecule has 0 saturated carbocycles. The SMILES string of the molecule is Cc1ccc(NCCCCCO)c(C#N)c1. The molecule has 0 unspecified atom stereocenters. The number of nitrogens with zero attached hydrogens (tertiary/aromatic N) is 1. The molecule has 1 aromatic carbocycles. The number of nitriles is 1. The second-order valence-electron chi connectivity index (χ2n) is 3.87. The van der Waals surface area contributed by atoms with Crippen LogP contribution in [-0.4, -0.2) is 18.3 Å². The normalized spacial score (nSPS) is 9.81. The van der Waals surface area contributed by atoms with Crippen LogP contribution in [-0.2, 0) is 0 Å². The molecule has 16 heavy (non-hydrogen) atoms. The Labute approximate surface area is 96.7 Å². The van der Waals surface area contributed by atoms with Crippen LogP contribution in [0, 0.1) is 18.3 Å². The summed E-state index contributed by atoms with van der Waals surface area (Å²) in [7, 11) is 0. The summed E-state index contributed by atoms with van der Waals surface area (Å²) >= 11 is 0. The standard InChI is InChI=1S/C13H18N2O/c1-11-5-6-13(12(9-11)10-14)15-7-3-2-4-8-16/h5-6,9,15-16H,2-4,7-8H2,1H3. The van der Waals surface area contributed by atoms with Gasteiger partial charge < -0.3 is 10.4 Å². The summed E-state index contributed by atoms with van der Waals surface area (Å²) < 4.78 is 0. The molecule has 0 amide bonds. The summed E-state index contributed by atoms with van der Waals surface area (Å²) in [5.74, 6) is 0. The topological polar surface area (TPSA) is 56.0 Å². The van der Waals surface area contributed by atoms with Crippen LogP contribution in [0.15, 0.2) is 18.2 Å². The number of anilines is 1. The van der Waals surface area contributed by atoms with Crippen molar-refractivity contribution in [3.63, 3.8) is 0 Å². The molecule has 0 bridgehead atoms. The highest BCUT2D eigenvalue weighted by Gasteiger charge is 2.00. The van der Waals surface area contributed by atoms with Crippen LogP contribution in [0.3, 0.4) is 0 Å². The number of hydrogen-bond donors (Lipinski definition) is 2. The van der Waals surface area contributed by atoms with Crippen LogP contribution >= 0.6 is 0 Å². The van der Waals surface area contributed by atoms with E-state index in [1.54, 1.807) is 0 Å². The van der Waals surface area contributed by atoms with E-state index >= 15 is 0 Å². The number of aliphatic hydroxyl groups excluding tert-OH is 1. The van der Waals surface area contributed by atoms with E-state index < -0.39 is 0 Å². The van der Waals surface area contributed by atoms with Crippen LogP contribution < -0.4 is 5.32 Å². The van der Waals surface area contributed by atoms with Gasteiger partial charge in [-0.05, 0) is 43.9 Å². The highest BCUT2D eigenvalue weighted by molar-refractivity contribution is 5.58. The predicted octanol–water partition coefficient (Wildman–Crippen LogP) is 2.44. The fraction of sp³-hybridized carbons (Fsp3) is 0.462. The molecular weight excluding hydrogens is 200 g/mol. The number of rotatable bonds is 6. The second-order valence-corrected chi connectivity index (χ2v) is 3.87. The van der Waals surface area contributed by atoms with Gasteiger partial charge in [0, 0.05) is 13.2 Å². The number of aryl methyl sites for hydroxylation is 1. The molecule has 0 aromatic heterocycles. The van der Waals surface area contributed by atoms with E-state index in [4.69, 9.17) is 10.4 Å². The van der Waals surface area contributed by atoms with Crippen LogP contribution in [0.25, 0.3) is 0 Å². The minimum absolute atomic E-state index is 0.258. The fourth-order valence-corrected chi connectivity index (χ4v) is 1.54. The molecule has 3 heteroatoms. The first-order valence-electron chi connectivity index (χ1n) is 5.63. The molecule has 1 aromatic rings. The van der Waals surface area contributed by atoms with Gasteiger partial charge in [0.2, 0.25) is 0 Å². The monoisotopic (exact) mass is 218 g/mol. The molecule has 0 saturated heterocycles. The number of nitrogens with one attached hydrogen (secondary N) is 1. The van der Waals surface area contributed by atoms with Crippen molar-refractivity contribution in [1.82, 2.24) is 0 Å². The molecule has 0 spiro atoms. The summed E-state index contributed by atoms with van der Waals surface area (Å²) in [6.07, 6.45) is 2.87. The summed E-state index contributed by atoms with van der Waals surface area (Å²) in [4.78, 5) is 0. The summed E-state index contributed by atoms with van der Waals surface area (Å²) in [5.41, 5.74) is 2.70. The van der Waals surface area contributed by atoms with Gasteiger partial charge in [0.25, 0.3) is 0 Å². The Bertz CT molecular complexity index is 369. The maximum atomic E-state index is 8.96. The van der Waals surface area contributed by atoms with Gasteiger partial charge in [-0.1, -0.05) is 6.07 Å². The van der Waals surface area contributed by atoms with Crippen molar-refractivity contribution in [1.29, 1.82) is 5.26 Å². The van der Waals surface area contributed by atoms with E-state index in [-0.39, 0.29) is 6.61 Å². The average molecular weight is 218 g/mol. The Morgan fingerprint density at radius 3 is 2.81 bits per heavy atom. The van der Waals surface area contributed by atoms with Crippen molar-refractivity contribution >= 4 is 5.69 Å². The molecule has 0 heterocycles. The summed E-state index contributed by atoms with van der Waals surface area (Å²) in [5, 5.41) is 20.8. The Morgan fingerprint density at radius 2 is 2.12 bits per heavy atom. The van der Waals surface area contributed by atoms with E-state index in [9.17, 15) is 0 Å². The van der Waals surface area contributed by atoms with Crippen molar-refractivity contribution in [2.45, 2.75) is 26.2 Å². The molecule has 0 atom stereocenters. The zero-order valence-corrected chi connectivity index (χ0v) is 9.66. The molecule has 2 N–H and O–H groups in total. The predicted molar refractivity (Wildman–Crippen MR) is 65.3 cm³/mol. The minimum atomic E-state index is 0.258. The number of benzene rings is 1. The maximum Gasteiger partial charge on any atom is 0.101 e. The first-order chi connectivity index (χ1) is 7.77. The molecule has 0 aliphatic rings. The molecule has 3 nitrogen and oxygen atoms in total. The number of unbranched alkanes of at least 4 members (excludes halogenated alkanes) is 2. The van der Waals surface area contributed by atoms with Gasteiger partial charge in [-0.3, -0.25) is 0 Å². The molecule has 0 radical (unpaired) electrons. The third kappa shape index (κ3) is 3.92. The first-order valence-corrected chi connectivity index (χ1v) is 5.63. The zero-order chi connectivity index (χ0) is 11.8. The third-order valence-electron chi connectivity index (χ3n) is 2.45. The van der Waals surface area contributed by atoms with Gasteiger partial charge in [0.15, 0.2) is 0 Å². The molecule has 0 aliphatic carbocycles. The summed E-state index contributed by atoms with van der Waals surface area (Å²) in [6, 6.07) is 8.01. The van der Waals surface area contributed by atoms with Crippen LogP contribution in [0.5, 0.6) is 0 Å². The third-order valence-corrected chi connectivity index (χ3v) is 2.45. The maximum absolute atomic E-state index is 8.96. The zero-order valence-electron chi connectivity index (χ0n) is 9.66. The average Bonchev–Trinajstić information content (AvgIpc) is 2.30. The van der Waals surface area contributed by atoms with Gasteiger partial charge in [-0.15, -0.1) is 0 Å². The number of hydrogen-bond acceptors (Lipinski definition) is 3. The summed E-state index contributed by atoms with van der Waals surface area (Å²) in [6.45, 7) is 3.08. The lowest BCUT2D eigenvalue weighted by Gasteiger charge is -2.08. The largest absolute Gasteiger partial charge is 0.396 e. The lowest BCUT2D eigenvalue weighted by atomic mass is 10.1. The van der Waals surface area contributed by atoms with Gasteiger partial charge in [0.1, 0.15) is 6.07 Å². The first kappa shape index (κ1) is 12.5. The van der Waals surface area contributed by atoms with Crippen LogP contribution in [0.4, 0.5) is 5.69 Å². The van der Waals surface area contributed by atoms with Gasteiger partial charge in [-0.25, -0.2) is 0 Å². The van der Waals surface area contributed by atoms with E-state index in [1.807, 2.05) is 25.1 Å². The van der Waals surface area contributed by atoms with Crippen molar-refractivity contribution in [2.75, 3.05) is 18.5 Å². The smallest absolute Gasteiger partial charge is 0.101 e.